The van der Waals surface area contributed by atoms with Gasteiger partial charge in [-0.15, -0.1) is 0 Å². The van der Waals surface area contributed by atoms with Gasteiger partial charge in [-0.2, -0.15) is 14.0 Å². The van der Waals surface area contributed by atoms with Gasteiger partial charge in [0.2, 0.25) is 27.8 Å². The largest absolute Gasteiger partial charge is 0.748 e. The molecule has 0 aliphatic carbocycles. The Morgan fingerprint density at radius 3 is 1.77 bits per heavy atom. The molecule has 0 bridgehead atoms. The highest BCUT2D eigenvalue weighted by Crippen LogP contribution is 2.63. The number of unbranched alkanes of at least 4 members (excludes halogenated alkanes) is 1. The first-order valence-corrected chi connectivity index (χ1v) is 28.5. The van der Waals surface area contributed by atoms with Crippen molar-refractivity contribution in [3.05, 3.63) is 101 Å². The van der Waals surface area contributed by atoms with Crippen LogP contribution >= 0.6 is 23.5 Å². The zero-order valence-electron chi connectivity index (χ0n) is 45.2. The van der Waals surface area contributed by atoms with Crippen LogP contribution in [0.2, 0.25) is 0 Å². The molecule has 0 aromatic heterocycles. The topological polar surface area (TPSA) is 153 Å². The molecule has 0 aliphatic heterocycles. The molecule has 0 spiro atoms. The van der Waals surface area contributed by atoms with E-state index in [1.807, 2.05) is 48.7 Å². The van der Waals surface area contributed by atoms with E-state index in [9.17, 15) is 27.8 Å². The van der Waals surface area contributed by atoms with Crippen molar-refractivity contribution in [3.8, 4) is 11.8 Å². The SMILES string of the molecule is CCC(C)(SC(=O)c1ccccc1)C(C)(CC(C)(C)C(C)(CC)C(CC(C)(C)C(C)(C)C#N)c1c(F)c(F)c(OCCCCSC(=O)c2ccccc2)c(F)c1F)C(=O)NCCC[N+](C)(C)CCCS(=O)(=O)[O-]. The van der Waals surface area contributed by atoms with Gasteiger partial charge in [0.15, 0.2) is 17.4 Å². The lowest BCUT2D eigenvalue weighted by Gasteiger charge is -2.56. The highest BCUT2D eigenvalue weighted by molar-refractivity contribution is 8.15. The molecule has 1 N–H and O–H groups in total. The van der Waals surface area contributed by atoms with Crippen molar-refractivity contribution < 1.29 is 54.1 Å². The number of rotatable bonds is 29. The van der Waals surface area contributed by atoms with E-state index in [1.54, 1.807) is 102 Å². The Labute approximate surface area is 441 Å². The number of benzene rings is 3. The van der Waals surface area contributed by atoms with E-state index in [0.29, 0.717) is 53.7 Å². The Morgan fingerprint density at radius 1 is 0.753 bits per heavy atom. The molecule has 3 aromatic rings. The second kappa shape index (κ2) is 25.7. The molecule has 1 amide bonds. The van der Waals surface area contributed by atoms with Crippen molar-refractivity contribution >= 4 is 49.8 Å². The predicted octanol–water partition coefficient (Wildman–Crippen LogP) is 13.1. The Kier molecular flexibility index (Phi) is 22.3. The molecule has 0 saturated carbocycles. The van der Waals surface area contributed by atoms with E-state index in [0.717, 1.165) is 23.5 Å². The summed E-state index contributed by atoms with van der Waals surface area (Å²) in [6, 6.07) is 19.7. The van der Waals surface area contributed by atoms with Crippen LogP contribution in [0.3, 0.4) is 0 Å². The minimum absolute atomic E-state index is 0.0179. The number of quaternary nitrogens is 1. The standard InChI is InChI=1S/C56H79F4N3O7S3/c1-14-54(9,41(36-51(3,4)53(7,8)38-61)42-43(57)45(59)47(46(60)44(42)58)70-33-22-23-34-71-48(64)39-26-18-16-19-27-39)52(5,6)37-55(10,56(11,15-2)72-49(65)40-28-20-17-21-29-40)50(66)62-30-24-31-63(12,13)32-25-35-73(67,68)69/h16-21,26-29,41H,14-15,22-25,30-37H2,1-13H3,(H-,62,66,67,68,69). The van der Waals surface area contributed by atoms with Gasteiger partial charge in [-0.25, -0.2) is 17.2 Å². The molecule has 406 valence electrons. The van der Waals surface area contributed by atoms with Gasteiger partial charge in [0.1, 0.15) is 0 Å². The van der Waals surface area contributed by atoms with Crippen LogP contribution in [0, 0.1) is 61.7 Å². The number of ether oxygens (including phenoxy) is 1. The van der Waals surface area contributed by atoms with Crippen LogP contribution in [0.5, 0.6) is 5.75 Å². The molecule has 4 unspecified atom stereocenters. The molecule has 0 fully saturated rings. The summed E-state index contributed by atoms with van der Waals surface area (Å²) in [7, 11) is -0.572. The average molecular weight is 1080 g/mol. The van der Waals surface area contributed by atoms with Crippen LogP contribution in [-0.2, 0) is 14.9 Å². The van der Waals surface area contributed by atoms with Gasteiger partial charge in [-0.3, -0.25) is 14.4 Å². The quantitative estimate of drug-likeness (QED) is 0.0234. The maximum Gasteiger partial charge on any atom is 0.227 e. The van der Waals surface area contributed by atoms with Crippen molar-refractivity contribution in [3.63, 3.8) is 0 Å². The Balaban J connectivity index is 2.14. The molecule has 17 heteroatoms. The molecular formula is C56H79F4N3O7S3. The van der Waals surface area contributed by atoms with E-state index >= 15 is 22.4 Å². The highest BCUT2D eigenvalue weighted by atomic mass is 32.2. The van der Waals surface area contributed by atoms with Crippen LogP contribution in [0.4, 0.5) is 17.6 Å². The molecule has 10 nitrogen and oxygen atoms in total. The number of nitrogens with one attached hydrogen (secondary N) is 1. The van der Waals surface area contributed by atoms with Gasteiger partial charge in [0.05, 0.1) is 60.8 Å². The summed E-state index contributed by atoms with van der Waals surface area (Å²) in [5, 5.41) is 13.1. The van der Waals surface area contributed by atoms with Crippen LogP contribution in [0.1, 0.15) is 160 Å². The molecule has 0 radical (unpaired) electrons. The first kappa shape index (κ1) is 63.3. The van der Waals surface area contributed by atoms with Crippen LogP contribution < -0.4 is 10.1 Å². The Hall–Kier alpha value is -3.95. The number of amides is 1. The molecule has 73 heavy (non-hydrogen) atoms. The molecule has 4 atom stereocenters. The van der Waals surface area contributed by atoms with Crippen molar-refractivity contribution in [2.75, 3.05) is 51.8 Å². The van der Waals surface area contributed by atoms with E-state index in [1.165, 1.54) is 0 Å². The number of nitrogens with zero attached hydrogens (tertiary/aromatic N) is 2. The molecule has 0 heterocycles. The number of thioether (sulfide) groups is 2. The lowest BCUT2D eigenvalue weighted by molar-refractivity contribution is -0.890. The van der Waals surface area contributed by atoms with E-state index < -0.39 is 88.2 Å². The first-order chi connectivity index (χ1) is 33.7. The third-order valence-electron chi connectivity index (χ3n) is 16.2. The fourth-order valence-electron chi connectivity index (χ4n) is 9.71. The number of hydrogen-bond donors (Lipinski definition) is 1. The summed E-state index contributed by atoms with van der Waals surface area (Å²) < 4.78 is 106. The Bertz CT molecular complexity index is 2490. The fraction of sp³-hybridized carbons (Fsp3) is 0.607. The van der Waals surface area contributed by atoms with Crippen LogP contribution in [-0.4, -0.2) is 90.2 Å². The van der Waals surface area contributed by atoms with Crippen molar-refractivity contribution in [2.45, 2.75) is 138 Å². The maximum absolute atomic E-state index is 17.1. The summed E-state index contributed by atoms with van der Waals surface area (Å²) in [5.41, 5.74) is -5.81. The molecule has 3 rings (SSSR count). The highest BCUT2D eigenvalue weighted by Gasteiger charge is 2.59. The number of hydrogen-bond acceptors (Lipinski definition) is 10. The number of halogens is 4. The summed E-state index contributed by atoms with van der Waals surface area (Å²) in [6.45, 7) is 20.7. The first-order valence-electron chi connectivity index (χ1n) is 25.1. The maximum atomic E-state index is 17.1. The van der Waals surface area contributed by atoms with E-state index in [2.05, 4.69) is 11.4 Å². The monoisotopic (exact) mass is 1080 g/mol. The molecular weight excluding hydrogens is 999 g/mol. The van der Waals surface area contributed by atoms with Gasteiger partial charge in [-0.1, -0.05) is 133 Å². The predicted molar refractivity (Wildman–Crippen MR) is 285 cm³/mol. The van der Waals surface area contributed by atoms with Crippen LogP contribution in [0.25, 0.3) is 0 Å². The smallest absolute Gasteiger partial charge is 0.227 e. The fourth-order valence-corrected chi connectivity index (χ4v) is 12.2. The normalized spacial score (nSPS) is 15.6. The average Bonchev–Trinajstić information content (AvgIpc) is 3.33. The van der Waals surface area contributed by atoms with Crippen molar-refractivity contribution in [1.82, 2.24) is 5.32 Å². The second-order valence-corrected chi connectivity index (χ2v) is 26.6. The van der Waals surface area contributed by atoms with Gasteiger partial charge < -0.3 is 19.1 Å². The lowest BCUT2D eigenvalue weighted by atomic mass is 9.49. The van der Waals surface area contributed by atoms with Gasteiger partial charge >= 0.3 is 0 Å². The molecule has 0 aliphatic rings. The summed E-state index contributed by atoms with van der Waals surface area (Å²) in [6.07, 6.45) is 1.71. The molecule has 0 saturated heterocycles. The number of nitriles is 1. The van der Waals surface area contributed by atoms with E-state index in [-0.39, 0.29) is 61.4 Å². The van der Waals surface area contributed by atoms with Gasteiger partial charge in [0, 0.05) is 52.3 Å². The third kappa shape index (κ3) is 15.8. The zero-order valence-corrected chi connectivity index (χ0v) is 47.7. The van der Waals surface area contributed by atoms with Gasteiger partial charge in [-0.05, 0) is 88.4 Å². The second-order valence-electron chi connectivity index (χ2n) is 22.5. The van der Waals surface area contributed by atoms with Crippen molar-refractivity contribution in [1.29, 1.82) is 5.26 Å². The summed E-state index contributed by atoms with van der Waals surface area (Å²) >= 11 is 2.11. The Morgan fingerprint density at radius 2 is 1.27 bits per heavy atom. The van der Waals surface area contributed by atoms with Gasteiger partial charge in [0.25, 0.3) is 0 Å². The summed E-state index contributed by atoms with van der Waals surface area (Å²) in [4.78, 5) is 41.8. The number of carbonyl (C=O) groups is 3. The van der Waals surface area contributed by atoms with E-state index in [4.69, 9.17) is 4.74 Å². The zero-order chi connectivity index (χ0) is 55.4. The minimum Gasteiger partial charge on any atom is -0.748 e. The lowest BCUT2D eigenvalue weighted by Crippen LogP contribution is -2.57. The minimum atomic E-state index is -4.37. The number of carbonyl (C=O) groups excluding carboxylic acids is 3. The summed E-state index contributed by atoms with van der Waals surface area (Å²) in [5.74, 6) is -9.63. The van der Waals surface area contributed by atoms with Crippen molar-refractivity contribution in [2.24, 2.45) is 27.1 Å². The van der Waals surface area contributed by atoms with Crippen LogP contribution in [0.15, 0.2) is 60.7 Å². The third-order valence-corrected chi connectivity index (χ3v) is 19.6. The molecule has 3 aromatic carbocycles.